The fraction of sp³-hybridized carbons (Fsp3) is 0.273. The summed E-state index contributed by atoms with van der Waals surface area (Å²) in [5.74, 6) is -0.141. The Labute approximate surface area is 182 Å². The van der Waals surface area contributed by atoms with E-state index in [9.17, 15) is 14.3 Å². The van der Waals surface area contributed by atoms with Gasteiger partial charge in [-0.05, 0) is 40.9 Å². The van der Waals surface area contributed by atoms with E-state index in [2.05, 4.69) is 36.2 Å². The van der Waals surface area contributed by atoms with Gasteiger partial charge < -0.3 is 5.11 Å². The third-order valence-electron chi connectivity index (χ3n) is 4.98. The lowest BCUT2D eigenvalue weighted by Crippen LogP contribution is -2.28. The SMILES string of the molecule is O=CNc1ncc(-c2ccccc2F)cn1.OC1(c2ccncc2Br)CCCCC1. The molecule has 2 heterocycles. The van der Waals surface area contributed by atoms with Gasteiger partial charge in [0.05, 0.1) is 5.60 Å². The molecule has 1 aliphatic rings. The minimum atomic E-state index is -0.625. The van der Waals surface area contributed by atoms with Crippen LogP contribution in [0, 0.1) is 5.82 Å². The van der Waals surface area contributed by atoms with E-state index >= 15 is 0 Å². The van der Waals surface area contributed by atoms with Gasteiger partial charge in [-0.15, -0.1) is 0 Å². The van der Waals surface area contributed by atoms with E-state index in [0.29, 0.717) is 17.5 Å². The van der Waals surface area contributed by atoms with Crippen LogP contribution in [0.1, 0.15) is 37.7 Å². The first-order valence-electron chi connectivity index (χ1n) is 9.63. The molecule has 1 fully saturated rings. The number of nitrogens with zero attached hydrogens (tertiary/aromatic N) is 3. The van der Waals surface area contributed by atoms with Gasteiger partial charge in [-0.25, -0.2) is 14.4 Å². The van der Waals surface area contributed by atoms with Crippen LogP contribution in [0.3, 0.4) is 0 Å². The van der Waals surface area contributed by atoms with Crippen LogP contribution in [-0.4, -0.2) is 26.5 Å². The second-order valence-electron chi connectivity index (χ2n) is 6.99. The number of carbonyl (C=O) groups excluding carboxylic acids is 1. The lowest BCUT2D eigenvalue weighted by atomic mass is 9.80. The quantitative estimate of drug-likeness (QED) is 0.530. The highest BCUT2D eigenvalue weighted by Crippen LogP contribution is 2.39. The molecule has 1 aliphatic carbocycles. The number of hydrogen-bond acceptors (Lipinski definition) is 5. The Kier molecular flexibility index (Phi) is 7.59. The number of hydrogen-bond donors (Lipinski definition) is 2. The zero-order valence-corrected chi connectivity index (χ0v) is 17.8. The molecule has 2 aromatic heterocycles. The summed E-state index contributed by atoms with van der Waals surface area (Å²) < 4.78 is 14.3. The molecule has 1 amide bonds. The standard InChI is InChI=1S/C11H14BrNO.C11H8FN3O/c12-10-8-13-7-4-9(10)11(14)5-2-1-3-6-11;12-10-4-2-1-3-9(10)8-5-13-11(14-6-8)15-7-16/h4,7-8,14H,1-3,5-6H2;1-7H,(H,13,14,15,16). The third kappa shape index (κ3) is 5.46. The molecule has 156 valence electrons. The lowest BCUT2D eigenvalue weighted by molar-refractivity contribution is -0.105. The number of benzene rings is 1. The minimum absolute atomic E-state index is 0.190. The smallest absolute Gasteiger partial charge is 0.229 e. The summed E-state index contributed by atoms with van der Waals surface area (Å²) in [5.41, 5.74) is 1.36. The predicted molar refractivity (Wildman–Crippen MR) is 116 cm³/mol. The Morgan fingerprint density at radius 2 is 1.77 bits per heavy atom. The van der Waals surface area contributed by atoms with E-state index in [-0.39, 0.29) is 11.8 Å². The van der Waals surface area contributed by atoms with E-state index in [1.54, 1.807) is 30.6 Å². The van der Waals surface area contributed by atoms with Crippen molar-refractivity contribution in [1.29, 1.82) is 0 Å². The van der Waals surface area contributed by atoms with Crippen LogP contribution in [0.15, 0.2) is 59.6 Å². The van der Waals surface area contributed by atoms with E-state index in [4.69, 9.17) is 0 Å². The van der Waals surface area contributed by atoms with Gasteiger partial charge in [0.2, 0.25) is 12.4 Å². The first-order valence-corrected chi connectivity index (χ1v) is 10.4. The summed E-state index contributed by atoms with van der Waals surface area (Å²) in [6, 6.07) is 8.27. The molecule has 0 unspecified atom stereocenters. The van der Waals surface area contributed by atoms with Crippen molar-refractivity contribution in [3.05, 3.63) is 71.0 Å². The predicted octanol–water partition coefficient (Wildman–Crippen LogP) is 4.85. The maximum Gasteiger partial charge on any atom is 0.229 e. The summed E-state index contributed by atoms with van der Waals surface area (Å²) in [7, 11) is 0. The first kappa shape index (κ1) is 22.0. The van der Waals surface area contributed by atoms with E-state index in [1.807, 2.05) is 6.07 Å². The number of aromatic nitrogens is 3. The van der Waals surface area contributed by atoms with Crippen LogP contribution in [0.25, 0.3) is 11.1 Å². The molecule has 30 heavy (non-hydrogen) atoms. The molecule has 1 aromatic carbocycles. The second kappa shape index (κ2) is 10.4. The molecule has 3 aromatic rings. The van der Waals surface area contributed by atoms with Crippen molar-refractivity contribution in [3.63, 3.8) is 0 Å². The number of carbonyl (C=O) groups is 1. The zero-order valence-electron chi connectivity index (χ0n) is 16.3. The van der Waals surface area contributed by atoms with Crippen molar-refractivity contribution in [2.75, 3.05) is 5.32 Å². The minimum Gasteiger partial charge on any atom is -0.385 e. The highest BCUT2D eigenvalue weighted by molar-refractivity contribution is 9.10. The van der Waals surface area contributed by atoms with E-state index in [0.717, 1.165) is 35.7 Å². The van der Waals surface area contributed by atoms with Crippen LogP contribution < -0.4 is 5.32 Å². The summed E-state index contributed by atoms with van der Waals surface area (Å²) in [6.45, 7) is 0. The second-order valence-corrected chi connectivity index (χ2v) is 7.84. The maximum atomic E-state index is 13.4. The Morgan fingerprint density at radius 3 is 2.40 bits per heavy atom. The molecule has 0 radical (unpaired) electrons. The van der Waals surface area contributed by atoms with Gasteiger partial charge in [0.15, 0.2) is 0 Å². The van der Waals surface area contributed by atoms with E-state index in [1.165, 1.54) is 24.9 Å². The summed E-state index contributed by atoms with van der Waals surface area (Å²) in [5, 5.41) is 12.8. The first-order chi connectivity index (χ1) is 14.5. The van der Waals surface area contributed by atoms with Crippen LogP contribution in [0.4, 0.5) is 10.3 Å². The van der Waals surface area contributed by atoms with Crippen LogP contribution in [0.5, 0.6) is 0 Å². The van der Waals surface area contributed by atoms with Crippen LogP contribution in [0.2, 0.25) is 0 Å². The molecule has 4 rings (SSSR count). The molecule has 6 nitrogen and oxygen atoms in total. The van der Waals surface area contributed by atoms with E-state index < -0.39 is 5.60 Å². The number of aliphatic hydroxyl groups is 1. The number of rotatable bonds is 4. The van der Waals surface area contributed by atoms with Crippen molar-refractivity contribution in [2.24, 2.45) is 0 Å². The average molecular weight is 473 g/mol. The fourth-order valence-corrected chi connectivity index (χ4v) is 4.07. The van der Waals surface area contributed by atoms with Crippen molar-refractivity contribution in [3.8, 4) is 11.1 Å². The molecule has 8 heteroatoms. The summed E-state index contributed by atoms with van der Waals surface area (Å²) >= 11 is 3.44. The Bertz CT molecular complexity index is 979. The number of anilines is 1. The monoisotopic (exact) mass is 472 g/mol. The third-order valence-corrected chi connectivity index (χ3v) is 5.61. The van der Waals surface area contributed by atoms with Gasteiger partial charge in [0.1, 0.15) is 5.82 Å². The normalized spacial score (nSPS) is 14.9. The van der Waals surface area contributed by atoms with Gasteiger partial charge in [0, 0.05) is 46.0 Å². The summed E-state index contributed by atoms with van der Waals surface area (Å²) in [6.07, 6.45) is 12.1. The molecule has 0 aliphatic heterocycles. The highest BCUT2D eigenvalue weighted by Gasteiger charge is 2.32. The van der Waals surface area contributed by atoms with Crippen LogP contribution in [-0.2, 0) is 10.4 Å². The molecule has 0 atom stereocenters. The highest BCUT2D eigenvalue weighted by atomic mass is 79.9. The summed E-state index contributed by atoms with van der Waals surface area (Å²) in [4.78, 5) is 21.9. The molecule has 2 N–H and O–H groups in total. The molecular weight excluding hydrogens is 451 g/mol. The van der Waals surface area contributed by atoms with Crippen molar-refractivity contribution in [1.82, 2.24) is 15.0 Å². The number of pyridine rings is 1. The molecular formula is C22H22BrFN4O2. The van der Waals surface area contributed by atoms with Crippen LogP contribution >= 0.6 is 15.9 Å². The zero-order chi connectivity index (χ0) is 21.4. The number of nitrogens with one attached hydrogen (secondary N) is 1. The average Bonchev–Trinajstić information content (AvgIpc) is 2.76. The van der Waals surface area contributed by atoms with Gasteiger partial charge in [-0.3, -0.25) is 15.1 Å². The Balaban J connectivity index is 0.000000172. The largest absolute Gasteiger partial charge is 0.385 e. The fourth-order valence-electron chi connectivity index (χ4n) is 3.45. The van der Waals surface area contributed by atoms with Crippen molar-refractivity contribution >= 4 is 28.3 Å². The van der Waals surface area contributed by atoms with Gasteiger partial charge in [0.25, 0.3) is 0 Å². The van der Waals surface area contributed by atoms with Crippen molar-refractivity contribution in [2.45, 2.75) is 37.7 Å². The Hall–Kier alpha value is -2.71. The van der Waals surface area contributed by atoms with Gasteiger partial charge in [-0.1, -0.05) is 37.5 Å². The number of halogens is 2. The van der Waals surface area contributed by atoms with Crippen molar-refractivity contribution < 1.29 is 14.3 Å². The van der Waals surface area contributed by atoms with Gasteiger partial charge in [-0.2, -0.15) is 0 Å². The lowest BCUT2D eigenvalue weighted by Gasteiger charge is -2.33. The molecule has 0 bridgehead atoms. The molecule has 0 saturated heterocycles. The molecule has 0 spiro atoms. The number of amides is 1. The Morgan fingerprint density at radius 1 is 1.07 bits per heavy atom. The molecule has 1 saturated carbocycles. The topological polar surface area (TPSA) is 88.0 Å². The maximum absolute atomic E-state index is 13.4. The van der Waals surface area contributed by atoms with Gasteiger partial charge >= 0.3 is 0 Å².